The predicted octanol–water partition coefficient (Wildman–Crippen LogP) is 24.6. The summed E-state index contributed by atoms with van der Waals surface area (Å²) in [5, 5.41) is 0. The molecule has 0 amide bonds. The van der Waals surface area contributed by atoms with Crippen molar-refractivity contribution in [1.29, 1.82) is 0 Å². The normalized spacial score (nSPS) is 12.8. The second-order valence-corrected chi connectivity index (χ2v) is 23.4. The highest BCUT2D eigenvalue weighted by molar-refractivity contribution is 5.71. The highest BCUT2D eigenvalue weighted by atomic mass is 16.6. The topological polar surface area (TPSA) is 78.9 Å². The standard InChI is InChI=1S/C77H132O6/c1-4-7-10-13-16-19-22-25-27-29-30-31-32-33-34-35-36-37-38-39-40-41-42-43-44-45-46-48-49-52-55-58-61-64-67-70-76(79)82-73-74(72-81-75(78)69-66-63-60-57-54-51-24-21-18-15-12-9-6-3)83-77(80)71-68-65-62-59-56-53-50-47-28-26-23-20-17-14-11-8-5-2/h7,9-10,12,16-21,25-28,30-31,51,54,74H,4-6,8,11,13-15,22-24,29,32-50,52-53,55-73H2,1-3H3/b10-7-,12-9-,19-16-,20-17-,21-18-,27-25-,28-26-,31-30-,54-51-. The molecule has 0 spiro atoms. The van der Waals surface area contributed by atoms with Crippen LogP contribution < -0.4 is 0 Å². The van der Waals surface area contributed by atoms with E-state index in [1.807, 2.05) is 0 Å². The number of hydrogen-bond donors (Lipinski definition) is 0. The maximum atomic E-state index is 12.9. The zero-order chi connectivity index (χ0) is 59.9. The van der Waals surface area contributed by atoms with Crippen LogP contribution in [-0.2, 0) is 28.6 Å². The largest absolute Gasteiger partial charge is 0.462 e. The van der Waals surface area contributed by atoms with Crippen LogP contribution in [-0.4, -0.2) is 37.2 Å². The number of rotatable bonds is 64. The van der Waals surface area contributed by atoms with Gasteiger partial charge in [-0.05, 0) is 122 Å². The summed E-state index contributed by atoms with van der Waals surface area (Å²) in [5.74, 6) is -0.913. The van der Waals surface area contributed by atoms with Gasteiger partial charge < -0.3 is 14.2 Å². The molecule has 0 aromatic heterocycles. The molecule has 0 bridgehead atoms. The van der Waals surface area contributed by atoms with Crippen LogP contribution in [0, 0.1) is 0 Å². The molecule has 0 aromatic carbocycles. The van der Waals surface area contributed by atoms with Crippen LogP contribution in [0.2, 0.25) is 0 Å². The highest BCUT2D eigenvalue weighted by Gasteiger charge is 2.19. The molecule has 0 N–H and O–H groups in total. The van der Waals surface area contributed by atoms with Gasteiger partial charge in [0.2, 0.25) is 0 Å². The number of carbonyl (C=O) groups excluding carboxylic acids is 3. The molecule has 0 radical (unpaired) electrons. The molecular weight excluding hydrogens is 1020 g/mol. The summed E-state index contributed by atoms with van der Waals surface area (Å²) in [5.41, 5.74) is 0. The maximum Gasteiger partial charge on any atom is 0.306 e. The summed E-state index contributed by atoms with van der Waals surface area (Å²) >= 11 is 0. The van der Waals surface area contributed by atoms with Gasteiger partial charge in [-0.1, -0.05) is 310 Å². The van der Waals surface area contributed by atoms with Crippen molar-refractivity contribution >= 4 is 17.9 Å². The van der Waals surface area contributed by atoms with Gasteiger partial charge in [-0.3, -0.25) is 14.4 Å². The minimum atomic E-state index is -0.794. The van der Waals surface area contributed by atoms with E-state index in [-0.39, 0.29) is 31.1 Å². The lowest BCUT2D eigenvalue weighted by Gasteiger charge is -2.18. The SMILES string of the molecule is CC/C=C\C/C=C\C/C=C\C/C=C\CCCCCCCCCCCCCCCCCCCCCCCCC(=O)OCC(COC(=O)CCCCC/C=C\C/C=C\C/C=C\CC)OC(=O)CCCCCCCCC/C=C\C/C=C\CCCCC. The van der Waals surface area contributed by atoms with Crippen molar-refractivity contribution in [3.8, 4) is 0 Å². The number of ether oxygens (including phenoxy) is 3. The Morgan fingerprint density at radius 2 is 0.470 bits per heavy atom. The van der Waals surface area contributed by atoms with Gasteiger partial charge in [0, 0.05) is 19.3 Å². The molecule has 1 atom stereocenters. The zero-order valence-electron chi connectivity index (χ0n) is 54.7. The minimum Gasteiger partial charge on any atom is -0.462 e. The Hall–Kier alpha value is -3.93. The molecule has 0 fully saturated rings. The minimum absolute atomic E-state index is 0.0877. The average molecular weight is 1150 g/mol. The predicted molar refractivity (Wildman–Crippen MR) is 362 cm³/mol. The first-order valence-corrected chi connectivity index (χ1v) is 35.4. The van der Waals surface area contributed by atoms with Gasteiger partial charge in [-0.15, -0.1) is 0 Å². The average Bonchev–Trinajstić information content (AvgIpc) is 3.49. The van der Waals surface area contributed by atoms with E-state index >= 15 is 0 Å². The van der Waals surface area contributed by atoms with Gasteiger partial charge >= 0.3 is 17.9 Å². The first-order chi connectivity index (χ1) is 41.0. The lowest BCUT2D eigenvalue weighted by atomic mass is 10.0. The van der Waals surface area contributed by atoms with E-state index in [9.17, 15) is 14.4 Å². The quantitative estimate of drug-likeness (QED) is 0.0261. The van der Waals surface area contributed by atoms with Crippen LogP contribution in [0.5, 0.6) is 0 Å². The van der Waals surface area contributed by atoms with Gasteiger partial charge in [0.1, 0.15) is 13.2 Å². The molecule has 6 heteroatoms. The van der Waals surface area contributed by atoms with Crippen molar-refractivity contribution in [2.24, 2.45) is 0 Å². The van der Waals surface area contributed by atoms with Crippen LogP contribution in [0.4, 0.5) is 0 Å². The second kappa shape index (κ2) is 70.6. The third-order valence-corrected chi connectivity index (χ3v) is 15.2. The number of esters is 3. The summed E-state index contributed by atoms with van der Waals surface area (Å²) in [7, 11) is 0. The number of unbranched alkanes of at least 4 members (excludes halogenated alkanes) is 35. The summed E-state index contributed by atoms with van der Waals surface area (Å²) in [6.07, 6.45) is 97.1. The van der Waals surface area contributed by atoms with Crippen molar-refractivity contribution in [3.05, 3.63) is 109 Å². The summed E-state index contributed by atoms with van der Waals surface area (Å²) in [4.78, 5) is 38.3. The van der Waals surface area contributed by atoms with E-state index in [0.717, 1.165) is 122 Å². The first-order valence-electron chi connectivity index (χ1n) is 35.4. The Labute approximate surface area is 514 Å². The van der Waals surface area contributed by atoms with E-state index < -0.39 is 6.10 Å². The fourth-order valence-electron chi connectivity index (χ4n) is 10.0. The third-order valence-electron chi connectivity index (χ3n) is 15.2. The molecule has 0 saturated carbocycles. The van der Waals surface area contributed by atoms with Crippen LogP contribution in [0.25, 0.3) is 0 Å². The van der Waals surface area contributed by atoms with Crippen molar-refractivity contribution in [1.82, 2.24) is 0 Å². The smallest absolute Gasteiger partial charge is 0.306 e. The van der Waals surface area contributed by atoms with Crippen molar-refractivity contribution in [2.75, 3.05) is 13.2 Å². The fourth-order valence-corrected chi connectivity index (χ4v) is 10.0. The molecule has 0 aromatic rings. The molecule has 0 rings (SSSR count). The molecular formula is C77H132O6. The third kappa shape index (κ3) is 68.7. The molecule has 0 aliphatic rings. The number of allylic oxidation sites excluding steroid dienone is 18. The fraction of sp³-hybridized carbons (Fsp3) is 0.727. The van der Waals surface area contributed by atoms with Gasteiger partial charge in [-0.2, -0.15) is 0 Å². The van der Waals surface area contributed by atoms with Crippen LogP contribution in [0.1, 0.15) is 342 Å². The summed E-state index contributed by atoms with van der Waals surface area (Å²) < 4.78 is 16.9. The Morgan fingerprint density at radius 3 is 0.747 bits per heavy atom. The van der Waals surface area contributed by atoms with Crippen molar-refractivity contribution in [3.63, 3.8) is 0 Å². The Balaban J connectivity index is 4.13. The van der Waals surface area contributed by atoms with E-state index in [2.05, 4.69) is 130 Å². The Bertz CT molecular complexity index is 1660. The molecule has 0 heterocycles. The summed E-state index contributed by atoms with van der Waals surface area (Å²) in [6, 6.07) is 0. The molecule has 0 aliphatic heterocycles. The maximum absolute atomic E-state index is 12.9. The van der Waals surface area contributed by atoms with Crippen molar-refractivity contribution < 1.29 is 28.6 Å². The monoisotopic (exact) mass is 1150 g/mol. The lowest BCUT2D eigenvalue weighted by molar-refractivity contribution is -0.167. The van der Waals surface area contributed by atoms with Gasteiger partial charge in [0.05, 0.1) is 0 Å². The molecule has 6 nitrogen and oxygen atoms in total. The second-order valence-electron chi connectivity index (χ2n) is 23.4. The molecule has 1 unspecified atom stereocenters. The molecule has 0 saturated heterocycles. The lowest BCUT2D eigenvalue weighted by Crippen LogP contribution is -2.30. The van der Waals surface area contributed by atoms with Crippen LogP contribution >= 0.6 is 0 Å². The van der Waals surface area contributed by atoms with Gasteiger partial charge in [0.15, 0.2) is 6.10 Å². The Kier molecular flexibility index (Phi) is 67.2. The molecule has 0 aliphatic carbocycles. The van der Waals surface area contributed by atoms with E-state index in [4.69, 9.17) is 14.2 Å². The first kappa shape index (κ1) is 79.1. The van der Waals surface area contributed by atoms with Crippen LogP contribution in [0.3, 0.4) is 0 Å². The Morgan fingerprint density at radius 1 is 0.253 bits per heavy atom. The number of carbonyl (C=O) groups is 3. The van der Waals surface area contributed by atoms with Crippen molar-refractivity contribution in [2.45, 2.75) is 348 Å². The summed E-state index contributed by atoms with van der Waals surface area (Å²) in [6.45, 7) is 6.39. The van der Waals surface area contributed by atoms with Gasteiger partial charge in [0.25, 0.3) is 0 Å². The zero-order valence-corrected chi connectivity index (χ0v) is 54.7. The van der Waals surface area contributed by atoms with Gasteiger partial charge in [-0.25, -0.2) is 0 Å². The molecule has 83 heavy (non-hydrogen) atoms. The van der Waals surface area contributed by atoms with E-state index in [1.54, 1.807) is 0 Å². The van der Waals surface area contributed by atoms with E-state index in [0.29, 0.717) is 19.3 Å². The van der Waals surface area contributed by atoms with Crippen LogP contribution in [0.15, 0.2) is 109 Å². The number of hydrogen-bond acceptors (Lipinski definition) is 6. The molecule has 476 valence electrons. The highest BCUT2D eigenvalue weighted by Crippen LogP contribution is 2.18. The van der Waals surface area contributed by atoms with E-state index in [1.165, 1.54) is 180 Å².